The Morgan fingerprint density at radius 1 is 0.347 bits per heavy atom. The van der Waals surface area contributed by atoms with Crippen molar-refractivity contribution in [1.82, 2.24) is 29.9 Å². The van der Waals surface area contributed by atoms with Crippen molar-refractivity contribution < 1.29 is 22.6 Å². The highest BCUT2D eigenvalue weighted by molar-refractivity contribution is 6.62. The summed E-state index contributed by atoms with van der Waals surface area (Å²) in [5.74, 6) is 10.8. The Morgan fingerprint density at radius 3 is 1.04 bits per heavy atom. The molecule has 11 nitrogen and oxygen atoms in total. The third-order valence-corrected chi connectivity index (χ3v) is 17.4. The van der Waals surface area contributed by atoms with Gasteiger partial charge in [0.2, 0.25) is 16.2 Å². The Balaban J connectivity index is 0.000000142. The second-order valence-corrected chi connectivity index (χ2v) is 24.4. The first kappa shape index (κ1) is 63.4. The average Bonchev–Trinajstić information content (AvgIpc) is 1.61. The average molecular weight is 1310 g/mol. The summed E-state index contributed by atoms with van der Waals surface area (Å²) in [5, 5.41) is 6.70. The molecule has 16 aromatic rings. The van der Waals surface area contributed by atoms with Crippen LogP contribution in [0.4, 0.5) is 0 Å². The second kappa shape index (κ2) is 27.4. The smallest absolute Gasteiger partial charge is 0.456 e. The van der Waals surface area contributed by atoms with Gasteiger partial charge in [0.25, 0.3) is 0 Å². The van der Waals surface area contributed by atoms with E-state index in [-0.39, 0.29) is 10.6 Å². The first-order chi connectivity index (χ1) is 47.8. The summed E-state index contributed by atoms with van der Waals surface area (Å²) in [4.78, 5) is 26.6. The van der Waals surface area contributed by atoms with Crippen molar-refractivity contribution in [2.45, 2.75) is 32.0 Å². The van der Waals surface area contributed by atoms with Crippen LogP contribution in [0.15, 0.2) is 274 Å². The van der Waals surface area contributed by atoms with Gasteiger partial charge < -0.3 is 22.6 Å². The van der Waals surface area contributed by atoms with Crippen LogP contribution >= 0.6 is 23.2 Å². The molecule has 0 amide bonds. The number of nitrogens with zero attached hydrogens (tertiary/aromatic N) is 6. The van der Waals surface area contributed by atoms with Crippen molar-refractivity contribution in [3.8, 4) is 115 Å². The minimum atomic E-state index is -0.610. The van der Waals surface area contributed by atoms with Crippen LogP contribution in [0.25, 0.3) is 145 Å². The van der Waals surface area contributed by atoms with E-state index in [9.17, 15) is 0 Å². The van der Waals surface area contributed by atoms with Crippen molar-refractivity contribution in [3.63, 3.8) is 0 Å². The molecule has 1 aliphatic heterocycles. The molecule has 14 heteroatoms. The fraction of sp³-hybridized carbons (Fsp3) is 0.0595. The van der Waals surface area contributed by atoms with Crippen molar-refractivity contribution in [2.24, 2.45) is 0 Å². The molecule has 0 saturated carbocycles. The summed E-state index contributed by atoms with van der Waals surface area (Å²) >= 11 is 11.3. The van der Waals surface area contributed by atoms with Gasteiger partial charge >= 0.3 is 7.12 Å². The maximum absolute atomic E-state index is 6.44. The predicted octanol–water partition coefficient (Wildman–Crippen LogP) is 20.5. The quantitative estimate of drug-likeness (QED) is 0.0817. The molecule has 11 aromatic carbocycles. The Kier molecular flexibility index (Phi) is 17.7. The van der Waals surface area contributed by atoms with Crippen molar-refractivity contribution in [3.05, 3.63) is 278 Å². The van der Waals surface area contributed by atoms with Gasteiger partial charge in [0.15, 0.2) is 23.3 Å². The van der Waals surface area contributed by atoms with E-state index in [1.807, 2.05) is 154 Å². The number of hydrogen-bond donors (Lipinski definition) is 0. The molecular weight excluding hydrogens is 1250 g/mol. The monoisotopic (exact) mass is 1310 g/mol. The van der Waals surface area contributed by atoms with Crippen LogP contribution in [0.3, 0.4) is 0 Å². The molecule has 5 aromatic heterocycles. The normalized spacial score (nSPS) is 13.7. The van der Waals surface area contributed by atoms with Crippen LogP contribution in [0.5, 0.6) is 0 Å². The van der Waals surface area contributed by atoms with Gasteiger partial charge in [-0.2, -0.15) is 15.0 Å². The highest BCUT2D eigenvalue weighted by atomic mass is 35.5. The van der Waals surface area contributed by atoms with Crippen LogP contribution in [-0.4, -0.2) is 48.2 Å². The second-order valence-electron chi connectivity index (χ2n) is 23.7. The summed E-state index contributed by atoms with van der Waals surface area (Å²) in [5.41, 5.74) is 15.2. The number of rotatable bonds is 8. The number of fused-ring (bicyclic) bond motifs is 9. The fourth-order valence-corrected chi connectivity index (χ4v) is 12.3. The van der Waals surface area contributed by atoms with Gasteiger partial charge in [-0.25, -0.2) is 15.0 Å². The van der Waals surface area contributed by atoms with E-state index in [0.717, 1.165) is 116 Å². The molecule has 1 aliphatic rings. The highest BCUT2D eigenvalue weighted by Crippen LogP contribution is 2.42. The van der Waals surface area contributed by atoms with E-state index in [0.29, 0.717) is 23.3 Å². The number of hydrogen-bond acceptors (Lipinski definition) is 11. The zero-order valence-electron chi connectivity index (χ0n) is 53.2. The third-order valence-electron chi connectivity index (χ3n) is 17.1. The minimum absolute atomic E-state index is 0.101. The minimum Gasteiger partial charge on any atom is -0.456 e. The lowest BCUT2D eigenvalue weighted by Gasteiger charge is -2.25. The van der Waals surface area contributed by atoms with E-state index >= 15 is 0 Å². The molecule has 0 radical (unpaired) electrons. The molecule has 17 rings (SSSR count). The molecule has 0 bridgehead atoms. The largest absolute Gasteiger partial charge is 0.498 e. The zero-order valence-corrected chi connectivity index (χ0v) is 54.8. The number of terminal acetylenes is 2. The number of aromatic nitrogens is 6. The molecule has 1 atom stereocenters. The van der Waals surface area contributed by atoms with E-state index in [1.165, 1.54) is 11.1 Å². The first-order valence-corrected chi connectivity index (χ1v) is 32.1. The van der Waals surface area contributed by atoms with Crippen LogP contribution in [0.2, 0.25) is 10.6 Å². The van der Waals surface area contributed by atoms with E-state index in [4.69, 9.17) is 73.6 Å². The Bertz CT molecular complexity index is 5550. The van der Waals surface area contributed by atoms with Crippen LogP contribution in [0.1, 0.15) is 20.8 Å². The molecule has 468 valence electrons. The van der Waals surface area contributed by atoms with Gasteiger partial charge in [0, 0.05) is 61.5 Å². The SMILES string of the molecule is C#CC#CC#C.Clc1nc(Cl)nc(-c2ccccc2)n1.[CH2+]C1(C)OB(c2ccc3c(c2)oc2cccc(-c4ccccc4)c23)OC1(C)C.c1ccc(-c2nc(-c3ccc4c(c3)oc3cccc(-c5ccccc5)c34)nc(-c3ccc4c(c3)oc3cccc(-c5ccccc5)c34)n2)cc1. The lowest BCUT2D eigenvalue weighted by molar-refractivity contribution is 0.0262. The highest BCUT2D eigenvalue weighted by Gasteiger charge is 2.57. The first-order valence-electron chi connectivity index (χ1n) is 31.4. The van der Waals surface area contributed by atoms with Gasteiger partial charge in [-0.15, -0.1) is 12.8 Å². The van der Waals surface area contributed by atoms with Gasteiger partial charge in [-0.1, -0.05) is 212 Å². The van der Waals surface area contributed by atoms with Crippen molar-refractivity contribution in [2.75, 3.05) is 0 Å². The lowest BCUT2D eigenvalue weighted by Crippen LogP contribution is -2.42. The molecule has 0 spiro atoms. The van der Waals surface area contributed by atoms with E-state index < -0.39 is 18.3 Å². The summed E-state index contributed by atoms with van der Waals surface area (Å²) in [6.07, 6.45) is 9.39. The van der Waals surface area contributed by atoms with Crippen LogP contribution < -0.4 is 5.46 Å². The van der Waals surface area contributed by atoms with Crippen molar-refractivity contribution in [1.29, 1.82) is 0 Å². The van der Waals surface area contributed by atoms with Crippen LogP contribution in [-0.2, 0) is 9.31 Å². The molecule has 1 unspecified atom stereocenters. The number of benzene rings is 11. The summed E-state index contributed by atoms with van der Waals surface area (Å²) in [7, 11) is -0.455. The lowest BCUT2D eigenvalue weighted by atomic mass is 9.79. The third kappa shape index (κ3) is 13.0. The summed E-state index contributed by atoms with van der Waals surface area (Å²) in [6.45, 7) is 10.1. The van der Waals surface area contributed by atoms with Crippen molar-refractivity contribution >= 4 is 102 Å². The Labute approximate surface area is 576 Å². The molecule has 6 heterocycles. The molecule has 0 aliphatic carbocycles. The van der Waals surface area contributed by atoms with Gasteiger partial charge in [0.1, 0.15) is 39.1 Å². The number of halogens is 2. The van der Waals surface area contributed by atoms with Gasteiger partial charge in [-0.3, -0.25) is 0 Å². The van der Waals surface area contributed by atoms with Gasteiger partial charge in [0.05, 0.1) is 6.92 Å². The maximum atomic E-state index is 6.44. The Hall–Kier alpha value is -12.0. The Morgan fingerprint density at radius 2 is 0.684 bits per heavy atom. The van der Waals surface area contributed by atoms with E-state index in [1.54, 1.807) is 0 Å². The zero-order chi connectivity index (χ0) is 67.3. The number of furan rings is 3. The van der Waals surface area contributed by atoms with Crippen LogP contribution in [0, 0.1) is 43.5 Å². The predicted molar refractivity (Wildman–Crippen MR) is 397 cm³/mol. The molecular formula is C84H56BCl2N6O5+. The molecule has 98 heavy (non-hydrogen) atoms. The molecule has 0 N–H and O–H groups in total. The summed E-state index contributed by atoms with van der Waals surface area (Å²) < 4.78 is 31.3. The summed E-state index contributed by atoms with van der Waals surface area (Å²) in [6, 6.07) is 87.9. The topological polar surface area (TPSA) is 135 Å². The van der Waals surface area contributed by atoms with Gasteiger partial charge in [-0.05, 0) is 148 Å². The molecule has 1 fully saturated rings. The maximum Gasteiger partial charge on any atom is 0.498 e. The molecule has 1 saturated heterocycles. The van der Waals surface area contributed by atoms with E-state index in [2.05, 4.69) is 173 Å². The standard InChI is InChI=1S/C45H27N3O2.C24H22BO3.C9H5Cl2N3.C6H2/c1-4-12-28(13-5-1)33-18-10-20-37-41(33)35-24-22-31(26-39(35)49-37)44-46-43(30-16-8-3-9-17-30)47-45(48-44)32-23-25-36-40(27-32)50-38-21-11-19-34(42(36)38)29-14-6-2-7-15-29;1-23(2)24(3,4)28-25(27-23)17-13-14-19-21(15-17)26-20-12-8-11-18(22(19)20)16-9-6-5-7-10-16;10-8-12-7(13-9(11)14-8)6-4-2-1-3-5-6;1-3-5-6-4-2/h1-27H;5-15H,1H2,2-4H3;1-5H;1-2H/q;+1;;. The fourth-order valence-electron chi connectivity index (χ4n) is 11.9.